The first-order valence-corrected chi connectivity index (χ1v) is 9.37. The lowest BCUT2D eigenvalue weighted by molar-refractivity contribution is -0.194. The van der Waals surface area contributed by atoms with Crippen LogP contribution < -0.4 is 5.73 Å². The molecule has 0 saturated heterocycles. The number of carbonyl (C=O) groups is 3. The molecular weight excluding hydrogens is 394 g/mol. The van der Waals surface area contributed by atoms with Gasteiger partial charge in [-0.15, -0.1) is 0 Å². The van der Waals surface area contributed by atoms with E-state index in [1.807, 2.05) is 0 Å². The number of phenolic OH excluding ortho intramolecular Hbond substituents is 1. The maximum absolute atomic E-state index is 13.4. The van der Waals surface area contributed by atoms with Gasteiger partial charge in [-0.3, -0.25) is 14.4 Å². The van der Waals surface area contributed by atoms with Crippen molar-refractivity contribution >= 4 is 28.8 Å². The van der Waals surface area contributed by atoms with Crippen molar-refractivity contribution in [3.63, 3.8) is 0 Å². The van der Waals surface area contributed by atoms with Crippen LogP contribution in [-0.2, 0) is 14.4 Å². The van der Waals surface area contributed by atoms with Gasteiger partial charge in [0.1, 0.15) is 17.4 Å². The molecule has 3 aliphatic carbocycles. The van der Waals surface area contributed by atoms with Crippen molar-refractivity contribution in [3.8, 4) is 5.75 Å². The van der Waals surface area contributed by atoms with Crippen LogP contribution in [0.25, 0.3) is 11.3 Å². The fourth-order valence-corrected chi connectivity index (χ4v) is 5.29. The van der Waals surface area contributed by atoms with Gasteiger partial charge in [0.2, 0.25) is 11.7 Å². The molecule has 1 aromatic rings. The highest BCUT2D eigenvalue weighted by Crippen LogP contribution is 2.55. The Morgan fingerprint density at radius 2 is 1.80 bits per heavy atom. The van der Waals surface area contributed by atoms with Gasteiger partial charge in [0.25, 0.3) is 0 Å². The number of Topliss-reactive ketones (excluding diaryl/α,β-unsaturated/α-hetero) is 2. The largest absolute Gasteiger partial charge is 0.507 e. The minimum absolute atomic E-state index is 0.112. The summed E-state index contributed by atoms with van der Waals surface area (Å²) in [5.74, 6) is -10.4. The van der Waals surface area contributed by atoms with E-state index in [-0.39, 0.29) is 16.9 Å². The topological polar surface area (TPSA) is 178 Å². The van der Waals surface area contributed by atoms with Gasteiger partial charge in [0.05, 0.1) is 23.3 Å². The Labute approximate surface area is 170 Å². The smallest absolute Gasteiger partial charge is 0.230 e. The maximum atomic E-state index is 13.4. The number of benzene rings is 1. The van der Waals surface area contributed by atoms with E-state index in [2.05, 4.69) is 6.58 Å². The summed E-state index contributed by atoms with van der Waals surface area (Å²) in [6, 6.07) is 4.31. The average molecular weight is 415 g/mol. The molecular formula is C21H21NO8. The Balaban J connectivity index is 2.00. The molecule has 158 valence electrons. The lowest BCUT2D eigenvalue weighted by atomic mass is 9.51. The fourth-order valence-electron chi connectivity index (χ4n) is 5.29. The molecule has 0 spiro atoms. The molecule has 0 aliphatic heterocycles. The fraction of sp³-hybridized carbons (Fsp3) is 0.381. The number of aliphatic hydroxyl groups excluding tert-OH is 3. The number of hydrogen-bond acceptors (Lipinski definition) is 8. The molecule has 30 heavy (non-hydrogen) atoms. The van der Waals surface area contributed by atoms with Gasteiger partial charge >= 0.3 is 0 Å². The first-order valence-electron chi connectivity index (χ1n) is 9.37. The molecule has 9 heteroatoms. The number of phenols is 1. The second-order valence-electron chi connectivity index (χ2n) is 8.17. The second kappa shape index (κ2) is 6.24. The molecule has 1 amide bonds. The molecule has 2 saturated carbocycles. The third kappa shape index (κ3) is 2.19. The Kier molecular flexibility index (Phi) is 4.22. The summed E-state index contributed by atoms with van der Waals surface area (Å²) >= 11 is 0. The zero-order valence-electron chi connectivity index (χ0n) is 15.9. The summed E-state index contributed by atoms with van der Waals surface area (Å²) in [4.78, 5) is 38.2. The average Bonchev–Trinajstić information content (AvgIpc) is 2.67. The molecule has 0 heterocycles. The molecule has 2 fully saturated rings. The van der Waals surface area contributed by atoms with Gasteiger partial charge in [-0.25, -0.2) is 0 Å². The summed E-state index contributed by atoms with van der Waals surface area (Å²) in [6.07, 6.45) is -3.22. The molecule has 0 radical (unpaired) electrons. The van der Waals surface area contributed by atoms with Crippen molar-refractivity contribution < 1.29 is 39.9 Å². The summed E-state index contributed by atoms with van der Waals surface area (Å²) in [6.45, 7) is 5.28. The molecule has 7 N–H and O–H groups in total. The number of carbonyl (C=O) groups excluding carboxylic acids is 3. The van der Waals surface area contributed by atoms with Gasteiger partial charge in [-0.1, -0.05) is 25.6 Å². The van der Waals surface area contributed by atoms with E-state index in [1.165, 1.54) is 25.1 Å². The highest BCUT2D eigenvalue weighted by atomic mass is 16.3. The van der Waals surface area contributed by atoms with Crippen molar-refractivity contribution in [1.29, 1.82) is 0 Å². The number of primary amides is 1. The van der Waals surface area contributed by atoms with Crippen molar-refractivity contribution in [2.24, 2.45) is 29.4 Å². The van der Waals surface area contributed by atoms with E-state index in [1.54, 1.807) is 0 Å². The first kappa shape index (κ1) is 20.3. The van der Waals surface area contributed by atoms with Crippen LogP contribution in [0.2, 0.25) is 0 Å². The number of amides is 1. The Hall–Kier alpha value is -3.01. The van der Waals surface area contributed by atoms with Crippen LogP contribution in [0.5, 0.6) is 5.75 Å². The molecule has 7 unspecified atom stereocenters. The van der Waals surface area contributed by atoms with Gasteiger partial charge in [-0.2, -0.15) is 0 Å². The highest BCUT2D eigenvalue weighted by molar-refractivity contribution is 6.26. The Bertz CT molecular complexity index is 1060. The van der Waals surface area contributed by atoms with Crippen molar-refractivity contribution in [3.05, 3.63) is 41.5 Å². The summed E-state index contributed by atoms with van der Waals surface area (Å²) in [5, 5.41) is 53.9. The van der Waals surface area contributed by atoms with E-state index in [0.29, 0.717) is 5.56 Å². The van der Waals surface area contributed by atoms with Crippen LogP contribution in [0.3, 0.4) is 0 Å². The number of aliphatic hydroxyl groups is 4. The summed E-state index contributed by atoms with van der Waals surface area (Å²) < 4.78 is 0. The monoisotopic (exact) mass is 415 g/mol. The highest BCUT2D eigenvalue weighted by Gasteiger charge is 2.69. The zero-order valence-corrected chi connectivity index (χ0v) is 15.9. The molecule has 3 aliphatic rings. The summed E-state index contributed by atoms with van der Waals surface area (Å²) in [7, 11) is 0. The van der Waals surface area contributed by atoms with Crippen LogP contribution in [0, 0.1) is 23.7 Å². The summed E-state index contributed by atoms with van der Waals surface area (Å²) in [5.41, 5.74) is 2.23. The SMILES string of the molecule is C=C1c2cccc(O)c2C(O)=C2C(=O)C3(O)C(=O)C(C(N)=O)C(O)C(C)C3C(O)C12. The van der Waals surface area contributed by atoms with Crippen molar-refractivity contribution in [1.82, 2.24) is 0 Å². The van der Waals surface area contributed by atoms with E-state index in [9.17, 15) is 39.9 Å². The number of nitrogens with two attached hydrogens (primary N) is 1. The molecule has 9 nitrogen and oxygen atoms in total. The lowest BCUT2D eigenvalue weighted by Gasteiger charge is -2.53. The predicted molar refractivity (Wildman–Crippen MR) is 102 cm³/mol. The van der Waals surface area contributed by atoms with Crippen LogP contribution in [0.15, 0.2) is 30.4 Å². The molecule has 7 atom stereocenters. The van der Waals surface area contributed by atoms with Crippen LogP contribution in [0.1, 0.15) is 18.1 Å². The lowest BCUT2D eigenvalue weighted by Crippen LogP contribution is -2.72. The zero-order chi connectivity index (χ0) is 22.3. The van der Waals surface area contributed by atoms with Gasteiger partial charge in [0, 0.05) is 11.8 Å². The van der Waals surface area contributed by atoms with Crippen molar-refractivity contribution in [2.45, 2.75) is 24.7 Å². The second-order valence-corrected chi connectivity index (χ2v) is 8.17. The van der Waals surface area contributed by atoms with E-state index in [4.69, 9.17) is 5.73 Å². The third-order valence-electron chi connectivity index (χ3n) is 6.76. The Morgan fingerprint density at radius 3 is 2.40 bits per heavy atom. The van der Waals surface area contributed by atoms with Crippen LogP contribution in [-0.4, -0.2) is 60.8 Å². The van der Waals surface area contributed by atoms with Gasteiger partial charge in [-0.05, 0) is 23.1 Å². The standard InChI is InChI=1S/C21H21NO8/c1-6-8-4-3-5-9(23)11(8)16(25)12-10(6)17(26)14-7(2)15(24)13(20(22)29)19(28)21(14,30)18(12)27/h3-5,7,10,13-15,17,23-26,30H,1H2,2H3,(H2,22,29). The number of hydrogen-bond donors (Lipinski definition) is 6. The molecule has 4 rings (SSSR count). The Morgan fingerprint density at radius 1 is 1.17 bits per heavy atom. The van der Waals surface area contributed by atoms with E-state index < -0.39 is 70.3 Å². The minimum Gasteiger partial charge on any atom is -0.507 e. The third-order valence-corrected chi connectivity index (χ3v) is 6.76. The maximum Gasteiger partial charge on any atom is 0.230 e. The van der Waals surface area contributed by atoms with Crippen LogP contribution in [0.4, 0.5) is 0 Å². The molecule has 0 aromatic heterocycles. The quantitative estimate of drug-likeness (QED) is 0.325. The van der Waals surface area contributed by atoms with Gasteiger partial charge < -0.3 is 31.3 Å². The molecule has 0 bridgehead atoms. The minimum atomic E-state index is -2.89. The van der Waals surface area contributed by atoms with E-state index in [0.717, 1.165) is 0 Å². The number of aromatic hydroxyl groups is 1. The van der Waals surface area contributed by atoms with Gasteiger partial charge in [0.15, 0.2) is 11.4 Å². The number of fused-ring (bicyclic) bond motifs is 3. The normalized spacial score (nSPS) is 38.1. The molecule has 1 aromatic carbocycles. The van der Waals surface area contributed by atoms with Crippen LogP contribution >= 0.6 is 0 Å². The number of ketones is 2. The number of rotatable bonds is 1. The van der Waals surface area contributed by atoms with Crippen molar-refractivity contribution in [2.75, 3.05) is 0 Å². The first-order chi connectivity index (χ1) is 14.0. The predicted octanol–water partition coefficient (Wildman–Crippen LogP) is -0.724. The van der Waals surface area contributed by atoms with E-state index >= 15 is 0 Å².